The lowest BCUT2D eigenvalue weighted by Gasteiger charge is -2.15. The molecule has 1 N–H and O–H groups in total. The maximum atomic E-state index is 6.19. The Morgan fingerprint density at radius 1 is 0.862 bits per heavy atom. The standard InChI is InChI=1S/C23H22ClNO3S/c1-26-20-10-6-4-7-17(20)14-25-23(29)16-11-12-21(22(13-16)27-2)28-15-18-8-3-5-9-19(18)24/h3-13H,14-15H2,1-2H3,(H,25,29). The molecule has 0 bridgehead atoms. The Morgan fingerprint density at radius 2 is 1.55 bits per heavy atom. The van der Waals surface area contributed by atoms with Crippen LogP contribution in [0, 0.1) is 0 Å². The molecule has 0 saturated carbocycles. The second kappa shape index (κ2) is 10.1. The summed E-state index contributed by atoms with van der Waals surface area (Å²) in [6.07, 6.45) is 0. The van der Waals surface area contributed by atoms with Crippen molar-refractivity contribution in [3.8, 4) is 17.2 Å². The molecule has 0 atom stereocenters. The van der Waals surface area contributed by atoms with Crippen LogP contribution in [0.5, 0.6) is 17.2 Å². The zero-order valence-corrected chi connectivity index (χ0v) is 17.8. The fourth-order valence-corrected chi connectivity index (χ4v) is 3.22. The number of hydrogen-bond donors (Lipinski definition) is 1. The molecule has 3 rings (SSSR count). The van der Waals surface area contributed by atoms with Crippen molar-refractivity contribution in [3.05, 3.63) is 88.4 Å². The first-order valence-electron chi connectivity index (χ1n) is 9.06. The summed E-state index contributed by atoms with van der Waals surface area (Å²) in [7, 11) is 3.26. The van der Waals surface area contributed by atoms with E-state index in [1.54, 1.807) is 14.2 Å². The summed E-state index contributed by atoms with van der Waals surface area (Å²) in [4.78, 5) is 0.617. The Bertz CT molecular complexity index is 993. The molecule has 0 spiro atoms. The van der Waals surface area contributed by atoms with E-state index in [-0.39, 0.29) is 0 Å². The van der Waals surface area contributed by atoms with Crippen molar-refractivity contribution in [2.45, 2.75) is 13.2 Å². The summed E-state index contributed by atoms with van der Waals surface area (Å²) in [5.41, 5.74) is 2.79. The number of rotatable bonds is 8. The predicted octanol–water partition coefficient (Wildman–Crippen LogP) is 5.40. The van der Waals surface area contributed by atoms with Gasteiger partial charge in [-0.1, -0.05) is 60.2 Å². The van der Waals surface area contributed by atoms with Gasteiger partial charge in [-0.25, -0.2) is 0 Å². The van der Waals surface area contributed by atoms with Gasteiger partial charge in [0, 0.05) is 28.3 Å². The molecule has 3 aromatic rings. The molecule has 0 aromatic heterocycles. The molecule has 0 radical (unpaired) electrons. The Kier molecular flexibility index (Phi) is 7.33. The number of halogens is 1. The van der Waals surface area contributed by atoms with Gasteiger partial charge in [-0.05, 0) is 30.3 Å². The molecule has 150 valence electrons. The van der Waals surface area contributed by atoms with E-state index in [2.05, 4.69) is 5.32 Å². The van der Waals surface area contributed by atoms with Gasteiger partial charge in [0.2, 0.25) is 0 Å². The van der Waals surface area contributed by atoms with Crippen LogP contribution in [0.3, 0.4) is 0 Å². The second-order valence-electron chi connectivity index (χ2n) is 6.24. The average molecular weight is 428 g/mol. The van der Waals surface area contributed by atoms with Crippen LogP contribution in [0.15, 0.2) is 66.7 Å². The third kappa shape index (κ3) is 5.40. The van der Waals surface area contributed by atoms with Crippen molar-refractivity contribution < 1.29 is 14.2 Å². The molecular weight excluding hydrogens is 406 g/mol. The summed E-state index contributed by atoms with van der Waals surface area (Å²) in [6.45, 7) is 0.918. The number of thiocarbonyl (C=S) groups is 1. The first-order chi connectivity index (χ1) is 14.1. The number of benzene rings is 3. The normalized spacial score (nSPS) is 10.3. The van der Waals surface area contributed by atoms with Crippen molar-refractivity contribution in [2.24, 2.45) is 0 Å². The summed E-state index contributed by atoms with van der Waals surface area (Å²) in [5.74, 6) is 2.06. The quantitative estimate of drug-likeness (QED) is 0.487. The number of ether oxygens (including phenoxy) is 3. The number of nitrogens with one attached hydrogen (secondary N) is 1. The summed E-state index contributed by atoms with van der Waals surface area (Å²) < 4.78 is 16.8. The lowest BCUT2D eigenvalue weighted by atomic mass is 10.1. The van der Waals surface area contributed by atoms with Crippen LogP contribution in [0.2, 0.25) is 5.02 Å². The molecule has 29 heavy (non-hydrogen) atoms. The minimum atomic E-state index is 0.353. The van der Waals surface area contributed by atoms with Gasteiger partial charge in [0.1, 0.15) is 17.3 Å². The predicted molar refractivity (Wildman–Crippen MR) is 120 cm³/mol. The Morgan fingerprint density at radius 3 is 2.28 bits per heavy atom. The van der Waals surface area contributed by atoms with Crippen molar-refractivity contribution in [2.75, 3.05) is 14.2 Å². The number of hydrogen-bond acceptors (Lipinski definition) is 4. The molecule has 0 fully saturated rings. The van der Waals surface area contributed by atoms with Gasteiger partial charge in [-0.15, -0.1) is 0 Å². The van der Waals surface area contributed by atoms with Crippen LogP contribution >= 0.6 is 23.8 Å². The summed E-state index contributed by atoms with van der Waals surface area (Å²) >= 11 is 11.7. The average Bonchev–Trinajstić information content (AvgIpc) is 2.77. The molecule has 0 aliphatic carbocycles. The number of para-hydroxylation sites is 1. The fraction of sp³-hybridized carbons (Fsp3) is 0.174. The van der Waals surface area contributed by atoms with Gasteiger partial charge in [-0.3, -0.25) is 0 Å². The highest BCUT2D eigenvalue weighted by Crippen LogP contribution is 2.30. The third-order valence-electron chi connectivity index (χ3n) is 4.40. The van der Waals surface area contributed by atoms with E-state index in [1.165, 1.54) is 0 Å². The highest BCUT2D eigenvalue weighted by Gasteiger charge is 2.11. The molecule has 0 heterocycles. The zero-order chi connectivity index (χ0) is 20.6. The Labute approximate surface area is 181 Å². The Hall–Kier alpha value is -2.76. The van der Waals surface area contributed by atoms with Crippen molar-refractivity contribution >= 4 is 28.8 Å². The van der Waals surface area contributed by atoms with Crippen LogP contribution in [0.4, 0.5) is 0 Å². The van der Waals surface area contributed by atoms with E-state index in [4.69, 9.17) is 38.0 Å². The highest BCUT2D eigenvalue weighted by molar-refractivity contribution is 7.80. The van der Waals surface area contributed by atoms with E-state index < -0.39 is 0 Å². The molecule has 0 aliphatic rings. The minimum absolute atomic E-state index is 0.353. The van der Waals surface area contributed by atoms with Crippen molar-refractivity contribution in [1.29, 1.82) is 0 Å². The molecule has 0 aliphatic heterocycles. The van der Waals surface area contributed by atoms with E-state index >= 15 is 0 Å². The van der Waals surface area contributed by atoms with Gasteiger partial charge >= 0.3 is 0 Å². The van der Waals surface area contributed by atoms with Gasteiger partial charge in [0.15, 0.2) is 11.5 Å². The minimum Gasteiger partial charge on any atom is -0.496 e. The number of methoxy groups -OCH3 is 2. The maximum Gasteiger partial charge on any atom is 0.161 e. The lowest BCUT2D eigenvalue weighted by Crippen LogP contribution is -2.22. The molecule has 0 unspecified atom stereocenters. The van der Waals surface area contributed by atoms with Gasteiger partial charge in [0.05, 0.1) is 14.2 Å². The van der Waals surface area contributed by atoms with E-state index in [0.29, 0.717) is 34.7 Å². The molecule has 3 aromatic carbocycles. The largest absolute Gasteiger partial charge is 0.496 e. The topological polar surface area (TPSA) is 39.7 Å². The van der Waals surface area contributed by atoms with Crippen LogP contribution in [0.25, 0.3) is 0 Å². The van der Waals surface area contributed by atoms with Crippen LogP contribution in [-0.2, 0) is 13.2 Å². The first-order valence-corrected chi connectivity index (χ1v) is 9.85. The molecular formula is C23H22ClNO3S. The van der Waals surface area contributed by atoms with E-state index in [1.807, 2.05) is 66.7 Å². The van der Waals surface area contributed by atoms with Crippen LogP contribution in [0.1, 0.15) is 16.7 Å². The van der Waals surface area contributed by atoms with Gasteiger partial charge in [0.25, 0.3) is 0 Å². The first kappa shape index (κ1) is 21.0. The molecule has 6 heteroatoms. The highest BCUT2D eigenvalue weighted by atomic mass is 35.5. The smallest absolute Gasteiger partial charge is 0.161 e. The zero-order valence-electron chi connectivity index (χ0n) is 16.3. The monoisotopic (exact) mass is 427 g/mol. The molecule has 0 amide bonds. The SMILES string of the molecule is COc1ccccc1CNC(=S)c1ccc(OCc2ccccc2Cl)c(OC)c1. The van der Waals surface area contributed by atoms with Gasteiger partial charge < -0.3 is 19.5 Å². The lowest BCUT2D eigenvalue weighted by molar-refractivity contribution is 0.284. The van der Waals surface area contributed by atoms with E-state index in [9.17, 15) is 0 Å². The molecule has 0 saturated heterocycles. The van der Waals surface area contributed by atoms with Crippen molar-refractivity contribution in [1.82, 2.24) is 5.32 Å². The molecule has 4 nitrogen and oxygen atoms in total. The maximum absolute atomic E-state index is 6.19. The third-order valence-corrected chi connectivity index (χ3v) is 5.15. The van der Waals surface area contributed by atoms with Gasteiger partial charge in [-0.2, -0.15) is 0 Å². The van der Waals surface area contributed by atoms with E-state index in [0.717, 1.165) is 22.4 Å². The second-order valence-corrected chi connectivity index (χ2v) is 7.06. The van der Waals surface area contributed by atoms with Crippen molar-refractivity contribution in [3.63, 3.8) is 0 Å². The summed E-state index contributed by atoms with van der Waals surface area (Å²) in [6, 6.07) is 21.0. The fourth-order valence-electron chi connectivity index (χ4n) is 2.83. The summed E-state index contributed by atoms with van der Waals surface area (Å²) in [5, 5.41) is 3.93. The van der Waals surface area contributed by atoms with Crippen LogP contribution < -0.4 is 19.5 Å². The Balaban J connectivity index is 1.67. The van der Waals surface area contributed by atoms with Crippen LogP contribution in [-0.4, -0.2) is 19.2 Å².